The van der Waals surface area contributed by atoms with E-state index in [0.29, 0.717) is 4.88 Å². The maximum absolute atomic E-state index is 12.6. The summed E-state index contributed by atoms with van der Waals surface area (Å²) in [6.07, 6.45) is 0. The maximum Gasteiger partial charge on any atom is 0.308 e. The van der Waals surface area contributed by atoms with Gasteiger partial charge >= 0.3 is 5.97 Å². The minimum absolute atomic E-state index is 0.140. The minimum atomic E-state index is -0.899. The van der Waals surface area contributed by atoms with Gasteiger partial charge in [-0.15, -0.1) is 11.3 Å². The Morgan fingerprint density at radius 1 is 1.23 bits per heavy atom. The summed E-state index contributed by atoms with van der Waals surface area (Å²) in [5, 5.41) is 10.9. The second-order valence-corrected chi connectivity index (χ2v) is 6.37. The molecule has 0 aliphatic heterocycles. The molecule has 1 aromatic heterocycles. The van der Waals surface area contributed by atoms with Crippen LogP contribution in [0.2, 0.25) is 0 Å². The van der Waals surface area contributed by atoms with Crippen LogP contribution >= 0.6 is 11.3 Å². The van der Waals surface area contributed by atoms with Crippen molar-refractivity contribution in [3.8, 4) is 11.1 Å². The van der Waals surface area contributed by atoms with Gasteiger partial charge in [-0.1, -0.05) is 36.8 Å². The van der Waals surface area contributed by atoms with Crippen molar-refractivity contribution in [2.24, 2.45) is 5.92 Å². The Morgan fingerprint density at radius 2 is 1.86 bits per heavy atom. The zero-order chi connectivity index (χ0) is 16.3. The number of hydrogen-bond donors (Lipinski definition) is 1. The fourth-order valence-corrected chi connectivity index (χ4v) is 3.09. The molecule has 0 spiro atoms. The standard InChI is InChI=1S/C17H19NO3S/c1-11-4-6-13(7-5-11)14-8-9-22-15(14)16(19)18(3)10-12(2)17(20)21/h4-9,12H,10H2,1-3H3,(H,20,21). The van der Waals surface area contributed by atoms with E-state index in [1.165, 1.54) is 21.8 Å². The Bertz CT molecular complexity index is 675. The first-order valence-electron chi connectivity index (χ1n) is 7.03. The number of carbonyl (C=O) groups excluding carboxylic acids is 1. The highest BCUT2D eigenvalue weighted by atomic mass is 32.1. The molecule has 1 N–H and O–H groups in total. The fourth-order valence-electron chi connectivity index (χ4n) is 2.18. The van der Waals surface area contributed by atoms with Crippen molar-refractivity contribution in [3.63, 3.8) is 0 Å². The lowest BCUT2D eigenvalue weighted by Crippen LogP contribution is -2.33. The SMILES string of the molecule is Cc1ccc(-c2ccsc2C(=O)N(C)CC(C)C(=O)O)cc1. The van der Waals surface area contributed by atoms with Gasteiger partial charge in [0.15, 0.2) is 0 Å². The third kappa shape index (κ3) is 3.54. The summed E-state index contributed by atoms with van der Waals surface area (Å²) in [5.41, 5.74) is 3.05. The second-order valence-electron chi connectivity index (χ2n) is 5.45. The van der Waals surface area contributed by atoms with E-state index in [1.54, 1.807) is 14.0 Å². The smallest absolute Gasteiger partial charge is 0.308 e. The molecule has 0 aliphatic rings. The molecule has 116 valence electrons. The van der Waals surface area contributed by atoms with Crippen molar-refractivity contribution in [1.29, 1.82) is 0 Å². The van der Waals surface area contributed by atoms with Crippen LogP contribution in [0.25, 0.3) is 11.1 Å². The van der Waals surface area contributed by atoms with Gasteiger partial charge in [0, 0.05) is 19.2 Å². The molecular formula is C17H19NO3S. The molecule has 0 fully saturated rings. The number of aliphatic carboxylic acids is 1. The number of nitrogens with zero attached hydrogens (tertiary/aromatic N) is 1. The van der Waals surface area contributed by atoms with Gasteiger partial charge in [0.25, 0.3) is 5.91 Å². The third-order valence-corrected chi connectivity index (χ3v) is 4.44. The number of hydrogen-bond acceptors (Lipinski definition) is 3. The van der Waals surface area contributed by atoms with Crippen molar-refractivity contribution >= 4 is 23.2 Å². The van der Waals surface area contributed by atoms with E-state index in [0.717, 1.165) is 11.1 Å². The molecule has 5 heteroatoms. The van der Waals surface area contributed by atoms with Crippen LogP contribution in [0.3, 0.4) is 0 Å². The number of aryl methyl sites for hydroxylation is 1. The van der Waals surface area contributed by atoms with Gasteiger partial charge in [-0.05, 0) is 23.9 Å². The zero-order valence-corrected chi connectivity index (χ0v) is 13.7. The number of carboxylic acids is 1. The van der Waals surface area contributed by atoms with Gasteiger partial charge in [0.05, 0.1) is 10.8 Å². The van der Waals surface area contributed by atoms with Gasteiger partial charge in [0.2, 0.25) is 0 Å². The van der Waals surface area contributed by atoms with Crippen molar-refractivity contribution in [2.45, 2.75) is 13.8 Å². The highest BCUT2D eigenvalue weighted by Crippen LogP contribution is 2.29. The molecule has 0 bridgehead atoms. The van der Waals surface area contributed by atoms with Crippen LogP contribution in [0.15, 0.2) is 35.7 Å². The summed E-state index contributed by atoms with van der Waals surface area (Å²) in [6, 6.07) is 9.94. The summed E-state index contributed by atoms with van der Waals surface area (Å²) in [7, 11) is 1.64. The van der Waals surface area contributed by atoms with Gasteiger partial charge in [-0.25, -0.2) is 0 Å². The van der Waals surface area contributed by atoms with Crippen LogP contribution in [0, 0.1) is 12.8 Å². The molecule has 2 rings (SSSR count). The predicted octanol–water partition coefficient (Wildman–Crippen LogP) is 3.52. The molecular weight excluding hydrogens is 298 g/mol. The molecule has 1 unspecified atom stereocenters. The summed E-state index contributed by atoms with van der Waals surface area (Å²) in [5.74, 6) is -1.63. The van der Waals surface area contributed by atoms with Crippen LogP contribution < -0.4 is 0 Å². The topological polar surface area (TPSA) is 57.6 Å². The molecule has 4 nitrogen and oxygen atoms in total. The lowest BCUT2D eigenvalue weighted by Gasteiger charge is -2.19. The van der Waals surface area contributed by atoms with Crippen LogP contribution in [0.1, 0.15) is 22.2 Å². The molecule has 22 heavy (non-hydrogen) atoms. The van der Waals surface area contributed by atoms with E-state index in [9.17, 15) is 9.59 Å². The molecule has 1 heterocycles. The predicted molar refractivity (Wildman–Crippen MR) is 88.3 cm³/mol. The van der Waals surface area contributed by atoms with Crippen LogP contribution in [-0.4, -0.2) is 35.5 Å². The van der Waals surface area contributed by atoms with Crippen molar-refractivity contribution in [2.75, 3.05) is 13.6 Å². The van der Waals surface area contributed by atoms with E-state index in [2.05, 4.69) is 0 Å². The monoisotopic (exact) mass is 317 g/mol. The van der Waals surface area contributed by atoms with Crippen molar-refractivity contribution < 1.29 is 14.7 Å². The summed E-state index contributed by atoms with van der Waals surface area (Å²) < 4.78 is 0. The Kier molecular flexibility index (Phi) is 4.98. The van der Waals surface area contributed by atoms with E-state index in [-0.39, 0.29) is 12.5 Å². The lowest BCUT2D eigenvalue weighted by molar-refractivity contribution is -0.141. The van der Waals surface area contributed by atoms with E-state index in [1.807, 2.05) is 42.6 Å². The first kappa shape index (κ1) is 16.2. The maximum atomic E-state index is 12.6. The summed E-state index contributed by atoms with van der Waals surface area (Å²) >= 11 is 1.38. The molecule has 1 amide bonds. The average molecular weight is 317 g/mol. The molecule has 0 saturated carbocycles. The Hall–Kier alpha value is -2.14. The van der Waals surface area contributed by atoms with Crippen molar-refractivity contribution in [3.05, 3.63) is 46.2 Å². The number of thiophene rings is 1. The van der Waals surface area contributed by atoms with Gasteiger partial charge in [-0.3, -0.25) is 9.59 Å². The number of carboxylic acid groups (broad SMARTS) is 1. The third-order valence-electron chi connectivity index (χ3n) is 3.54. The van der Waals surface area contributed by atoms with Crippen LogP contribution in [0.5, 0.6) is 0 Å². The molecule has 2 aromatic rings. The van der Waals surface area contributed by atoms with Gasteiger partial charge in [0.1, 0.15) is 0 Å². The Labute approximate surface area is 134 Å². The first-order valence-corrected chi connectivity index (χ1v) is 7.91. The quantitative estimate of drug-likeness (QED) is 0.918. The molecule has 1 aromatic carbocycles. The van der Waals surface area contributed by atoms with E-state index >= 15 is 0 Å². The largest absolute Gasteiger partial charge is 0.481 e. The van der Waals surface area contributed by atoms with E-state index < -0.39 is 11.9 Å². The highest BCUT2D eigenvalue weighted by Gasteiger charge is 2.22. The average Bonchev–Trinajstić information content (AvgIpc) is 2.96. The molecule has 1 atom stereocenters. The summed E-state index contributed by atoms with van der Waals surface area (Å²) in [6.45, 7) is 3.81. The van der Waals surface area contributed by atoms with Crippen LogP contribution in [0.4, 0.5) is 0 Å². The minimum Gasteiger partial charge on any atom is -0.481 e. The van der Waals surface area contributed by atoms with Gasteiger partial charge in [-0.2, -0.15) is 0 Å². The highest BCUT2D eigenvalue weighted by molar-refractivity contribution is 7.12. The summed E-state index contributed by atoms with van der Waals surface area (Å²) in [4.78, 5) is 25.6. The Balaban J connectivity index is 2.23. The normalized spacial score (nSPS) is 12.0. The van der Waals surface area contributed by atoms with Crippen molar-refractivity contribution in [1.82, 2.24) is 4.90 Å². The first-order chi connectivity index (χ1) is 10.4. The molecule has 0 saturated heterocycles. The molecule has 0 aliphatic carbocycles. The zero-order valence-electron chi connectivity index (χ0n) is 12.9. The Morgan fingerprint density at radius 3 is 2.45 bits per heavy atom. The number of amides is 1. The fraction of sp³-hybridized carbons (Fsp3) is 0.294. The number of benzene rings is 1. The molecule has 0 radical (unpaired) electrons. The lowest BCUT2D eigenvalue weighted by atomic mass is 10.0. The van der Waals surface area contributed by atoms with Gasteiger partial charge < -0.3 is 10.0 Å². The second kappa shape index (κ2) is 6.75. The van der Waals surface area contributed by atoms with Crippen LogP contribution in [-0.2, 0) is 4.79 Å². The number of carbonyl (C=O) groups is 2. The van der Waals surface area contributed by atoms with E-state index in [4.69, 9.17) is 5.11 Å². The number of rotatable bonds is 5.